The molecule has 0 atom stereocenters. The normalized spacial score (nSPS) is 10.2. The summed E-state index contributed by atoms with van der Waals surface area (Å²) in [7, 11) is 0. The maximum Gasteiger partial charge on any atom is 0.337 e. The van der Waals surface area contributed by atoms with Crippen LogP contribution >= 0.6 is 11.6 Å². The van der Waals surface area contributed by atoms with Crippen LogP contribution in [0.5, 0.6) is 0 Å². The summed E-state index contributed by atoms with van der Waals surface area (Å²) in [5.41, 5.74) is 0.261. The molecule has 6 nitrogen and oxygen atoms in total. The molecule has 0 saturated carbocycles. The molecule has 0 bridgehead atoms. The molecule has 112 valence electrons. The zero-order chi connectivity index (χ0) is 16.4. The molecule has 0 aliphatic heterocycles. The van der Waals surface area contributed by atoms with Crippen molar-refractivity contribution < 1.29 is 29.7 Å². The second-order valence-corrected chi connectivity index (χ2v) is 4.82. The van der Waals surface area contributed by atoms with Crippen LogP contribution in [0, 0.1) is 0 Å². The van der Waals surface area contributed by atoms with Gasteiger partial charge in [-0.1, -0.05) is 17.7 Å². The first-order valence-corrected chi connectivity index (χ1v) is 6.32. The molecule has 3 N–H and O–H groups in total. The van der Waals surface area contributed by atoms with Crippen LogP contribution in [0.3, 0.4) is 0 Å². The predicted octanol–water partition coefficient (Wildman–Crippen LogP) is 3.10. The van der Waals surface area contributed by atoms with Crippen molar-refractivity contribution in [1.82, 2.24) is 0 Å². The number of benzene rings is 2. The van der Waals surface area contributed by atoms with Gasteiger partial charge in [-0.25, -0.2) is 14.4 Å². The second-order valence-electron chi connectivity index (χ2n) is 4.41. The van der Waals surface area contributed by atoms with Crippen molar-refractivity contribution in [3.05, 3.63) is 58.1 Å². The molecule has 2 aromatic rings. The smallest absolute Gasteiger partial charge is 0.337 e. The summed E-state index contributed by atoms with van der Waals surface area (Å²) in [6.07, 6.45) is 0. The molecule has 0 heterocycles. The highest BCUT2D eigenvalue weighted by Gasteiger charge is 2.14. The average Bonchev–Trinajstić information content (AvgIpc) is 2.46. The molecule has 2 aromatic carbocycles. The molecular formula is C15H9ClO6. The minimum Gasteiger partial charge on any atom is -0.478 e. The molecule has 0 spiro atoms. The number of halogens is 1. The Kier molecular flexibility index (Phi) is 4.14. The van der Waals surface area contributed by atoms with Crippen molar-refractivity contribution >= 4 is 29.5 Å². The van der Waals surface area contributed by atoms with E-state index >= 15 is 0 Å². The summed E-state index contributed by atoms with van der Waals surface area (Å²) in [6.45, 7) is 0. The van der Waals surface area contributed by atoms with Crippen molar-refractivity contribution in [2.45, 2.75) is 0 Å². The number of carbonyl (C=O) groups is 3. The second kappa shape index (κ2) is 5.87. The average molecular weight is 321 g/mol. The van der Waals surface area contributed by atoms with Gasteiger partial charge in [0.25, 0.3) is 0 Å². The summed E-state index contributed by atoms with van der Waals surface area (Å²) >= 11 is 5.87. The Bertz CT molecular complexity index is 764. The van der Waals surface area contributed by atoms with E-state index in [-0.39, 0.29) is 21.7 Å². The van der Waals surface area contributed by atoms with Crippen LogP contribution in [-0.4, -0.2) is 33.2 Å². The van der Waals surface area contributed by atoms with Crippen molar-refractivity contribution in [2.24, 2.45) is 0 Å². The van der Waals surface area contributed by atoms with Gasteiger partial charge in [-0.15, -0.1) is 0 Å². The Morgan fingerprint density at radius 3 is 1.68 bits per heavy atom. The van der Waals surface area contributed by atoms with Crippen LogP contribution < -0.4 is 0 Å². The van der Waals surface area contributed by atoms with Gasteiger partial charge in [-0.3, -0.25) is 0 Å². The topological polar surface area (TPSA) is 112 Å². The first-order valence-electron chi connectivity index (χ1n) is 5.94. The minimum absolute atomic E-state index is 0.0254. The third-order valence-corrected chi connectivity index (χ3v) is 3.27. The van der Waals surface area contributed by atoms with Gasteiger partial charge in [0.2, 0.25) is 0 Å². The van der Waals surface area contributed by atoms with Gasteiger partial charge in [0.15, 0.2) is 0 Å². The lowest BCUT2D eigenvalue weighted by molar-refractivity contribution is 0.0682. The standard InChI is InChI=1S/C15H9ClO6/c16-12-6-7(1-2-11(12)15(21)22)8-3-9(13(17)18)5-10(4-8)14(19)20/h1-6H,(H,17,18)(H,19,20)(H,21,22). The van der Waals surface area contributed by atoms with Gasteiger partial charge in [0.05, 0.1) is 21.7 Å². The van der Waals surface area contributed by atoms with Crippen LogP contribution in [0.2, 0.25) is 5.02 Å². The fourth-order valence-corrected chi connectivity index (χ4v) is 2.17. The Labute approximate surface area is 129 Å². The van der Waals surface area contributed by atoms with Crippen LogP contribution in [0.15, 0.2) is 36.4 Å². The Morgan fingerprint density at radius 2 is 1.27 bits per heavy atom. The molecule has 7 heteroatoms. The van der Waals surface area contributed by atoms with Crippen LogP contribution in [0.1, 0.15) is 31.1 Å². The zero-order valence-electron chi connectivity index (χ0n) is 10.9. The van der Waals surface area contributed by atoms with E-state index in [1.165, 1.54) is 30.3 Å². The van der Waals surface area contributed by atoms with Crippen molar-refractivity contribution in [1.29, 1.82) is 0 Å². The molecule has 0 unspecified atom stereocenters. The molecule has 0 aromatic heterocycles. The van der Waals surface area contributed by atoms with Crippen molar-refractivity contribution in [2.75, 3.05) is 0 Å². The van der Waals surface area contributed by atoms with E-state index in [0.29, 0.717) is 11.1 Å². The van der Waals surface area contributed by atoms with Gasteiger partial charge in [-0.2, -0.15) is 0 Å². The highest BCUT2D eigenvalue weighted by atomic mass is 35.5. The number of carboxylic acid groups (broad SMARTS) is 3. The fraction of sp³-hybridized carbons (Fsp3) is 0. The maximum absolute atomic E-state index is 11.1. The first-order chi connectivity index (χ1) is 10.3. The maximum atomic E-state index is 11.1. The van der Waals surface area contributed by atoms with Crippen molar-refractivity contribution in [3.8, 4) is 11.1 Å². The summed E-state index contributed by atoms with van der Waals surface area (Å²) in [6, 6.07) is 7.68. The number of hydrogen-bond acceptors (Lipinski definition) is 3. The molecule has 0 saturated heterocycles. The molecular weight excluding hydrogens is 312 g/mol. The molecule has 2 rings (SSSR count). The Morgan fingerprint density at radius 1 is 0.727 bits per heavy atom. The molecule has 0 aliphatic rings. The minimum atomic E-state index is -1.27. The van der Waals surface area contributed by atoms with E-state index in [0.717, 1.165) is 6.07 Å². The zero-order valence-corrected chi connectivity index (χ0v) is 11.7. The molecule has 0 radical (unpaired) electrons. The van der Waals surface area contributed by atoms with E-state index in [1.807, 2.05) is 0 Å². The van der Waals surface area contributed by atoms with E-state index < -0.39 is 17.9 Å². The number of hydrogen-bond donors (Lipinski definition) is 3. The van der Waals surface area contributed by atoms with Crippen molar-refractivity contribution in [3.63, 3.8) is 0 Å². The summed E-state index contributed by atoms with van der Waals surface area (Å²) in [5.74, 6) is -3.72. The summed E-state index contributed by atoms with van der Waals surface area (Å²) in [5, 5.41) is 27.0. The summed E-state index contributed by atoms with van der Waals surface area (Å²) < 4.78 is 0. The molecule has 0 fully saturated rings. The monoisotopic (exact) mass is 320 g/mol. The quantitative estimate of drug-likeness (QED) is 0.798. The lowest BCUT2D eigenvalue weighted by Gasteiger charge is -2.07. The highest BCUT2D eigenvalue weighted by molar-refractivity contribution is 6.33. The number of aromatic carboxylic acids is 3. The SMILES string of the molecule is O=C(O)c1cc(C(=O)O)cc(-c2ccc(C(=O)O)c(Cl)c2)c1. The third-order valence-electron chi connectivity index (χ3n) is 2.96. The molecule has 0 amide bonds. The first kappa shape index (κ1) is 15.5. The van der Waals surface area contributed by atoms with E-state index in [1.54, 1.807) is 0 Å². The third kappa shape index (κ3) is 3.07. The van der Waals surface area contributed by atoms with Gasteiger partial charge in [0.1, 0.15) is 0 Å². The van der Waals surface area contributed by atoms with Crippen LogP contribution in [0.25, 0.3) is 11.1 Å². The van der Waals surface area contributed by atoms with Crippen LogP contribution in [-0.2, 0) is 0 Å². The fourth-order valence-electron chi connectivity index (χ4n) is 1.91. The van der Waals surface area contributed by atoms with E-state index in [2.05, 4.69) is 0 Å². The van der Waals surface area contributed by atoms with E-state index in [4.69, 9.17) is 26.9 Å². The number of rotatable bonds is 4. The molecule has 0 aliphatic carbocycles. The highest BCUT2D eigenvalue weighted by Crippen LogP contribution is 2.27. The summed E-state index contributed by atoms with van der Waals surface area (Å²) in [4.78, 5) is 33.1. The Hall–Kier alpha value is -2.86. The van der Waals surface area contributed by atoms with Gasteiger partial charge in [-0.05, 0) is 41.5 Å². The molecule has 22 heavy (non-hydrogen) atoms. The van der Waals surface area contributed by atoms with E-state index in [9.17, 15) is 14.4 Å². The van der Waals surface area contributed by atoms with Gasteiger partial charge < -0.3 is 15.3 Å². The lowest BCUT2D eigenvalue weighted by Crippen LogP contribution is -2.03. The van der Waals surface area contributed by atoms with Gasteiger partial charge in [0, 0.05) is 0 Å². The van der Waals surface area contributed by atoms with Gasteiger partial charge >= 0.3 is 17.9 Å². The Balaban J connectivity index is 2.61. The van der Waals surface area contributed by atoms with Crippen LogP contribution in [0.4, 0.5) is 0 Å². The largest absolute Gasteiger partial charge is 0.478 e. The predicted molar refractivity (Wildman–Crippen MR) is 77.8 cm³/mol. The lowest BCUT2D eigenvalue weighted by atomic mass is 9.98. The number of carboxylic acids is 3.